The molecule has 1 aliphatic rings. The second-order valence-corrected chi connectivity index (χ2v) is 5.70. The van der Waals surface area contributed by atoms with E-state index < -0.39 is 5.76 Å². The van der Waals surface area contributed by atoms with Gasteiger partial charge in [-0.2, -0.15) is 8.78 Å². The number of para-hydroxylation sites is 1. The number of rotatable bonds is 5. The second kappa shape index (κ2) is 7.10. The van der Waals surface area contributed by atoms with Gasteiger partial charge < -0.3 is 10.2 Å². The lowest BCUT2D eigenvalue weighted by Gasteiger charge is -2.34. The second-order valence-electron chi connectivity index (χ2n) is 4.67. The quantitative estimate of drug-likeness (QED) is 0.833. The molecule has 2 nitrogen and oxygen atoms in total. The highest BCUT2D eigenvalue weighted by molar-refractivity contribution is 7.99. The van der Waals surface area contributed by atoms with Crippen LogP contribution >= 0.6 is 11.8 Å². The largest absolute Gasteiger partial charge is 0.371 e. The SMILES string of the molecule is CCNC1CCN(c2ccccc2SC(F)F)CC1. The zero-order chi connectivity index (χ0) is 13.7. The van der Waals surface area contributed by atoms with Gasteiger partial charge in [0.15, 0.2) is 0 Å². The Kier molecular flexibility index (Phi) is 5.45. The van der Waals surface area contributed by atoms with Gasteiger partial charge in [0.05, 0.1) is 5.69 Å². The summed E-state index contributed by atoms with van der Waals surface area (Å²) in [7, 11) is 0. The number of anilines is 1. The molecule has 1 N–H and O–H groups in total. The molecule has 0 amide bonds. The minimum Gasteiger partial charge on any atom is -0.371 e. The number of hydrogen-bond acceptors (Lipinski definition) is 3. The topological polar surface area (TPSA) is 15.3 Å². The molecular formula is C14H20F2N2S. The van der Waals surface area contributed by atoms with E-state index in [0.29, 0.717) is 22.7 Å². The minimum absolute atomic E-state index is 0.566. The monoisotopic (exact) mass is 286 g/mol. The molecule has 0 unspecified atom stereocenters. The summed E-state index contributed by atoms with van der Waals surface area (Å²) in [4.78, 5) is 2.90. The fraction of sp³-hybridized carbons (Fsp3) is 0.571. The molecule has 1 saturated heterocycles. The maximum atomic E-state index is 12.6. The Bertz CT molecular complexity index is 393. The molecule has 0 aromatic heterocycles. The van der Waals surface area contributed by atoms with Gasteiger partial charge in [0.2, 0.25) is 0 Å². The van der Waals surface area contributed by atoms with Gasteiger partial charge in [-0.1, -0.05) is 30.8 Å². The van der Waals surface area contributed by atoms with Crippen molar-refractivity contribution in [1.82, 2.24) is 5.32 Å². The first-order valence-corrected chi connectivity index (χ1v) is 7.61. The lowest BCUT2D eigenvalue weighted by atomic mass is 10.0. The molecule has 1 aliphatic heterocycles. The molecule has 19 heavy (non-hydrogen) atoms. The van der Waals surface area contributed by atoms with Crippen LogP contribution in [0.15, 0.2) is 29.2 Å². The average molecular weight is 286 g/mol. The van der Waals surface area contributed by atoms with Crippen LogP contribution < -0.4 is 10.2 Å². The fourth-order valence-electron chi connectivity index (χ4n) is 2.53. The fourth-order valence-corrected chi connectivity index (χ4v) is 3.19. The maximum Gasteiger partial charge on any atom is 0.288 e. The molecule has 0 atom stereocenters. The van der Waals surface area contributed by atoms with Crippen LogP contribution in [0.4, 0.5) is 14.5 Å². The number of nitrogens with zero attached hydrogens (tertiary/aromatic N) is 1. The molecule has 0 bridgehead atoms. The summed E-state index contributed by atoms with van der Waals surface area (Å²) >= 11 is 0.639. The van der Waals surface area contributed by atoms with E-state index in [1.807, 2.05) is 18.2 Å². The van der Waals surface area contributed by atoms with Crippen LogP contribution in [-0.2, 0) is 0 Å². The predicted molar refractivity (Wildman–Crippen MR) is 77.2 cm³/mol. The van der Waals surface area contributed by atoms with E-state index in [1.54, 1.807) is 6.07 Å². The summed E-state index contributed by atoms with van der Waals surface area (Å²) < 4.78 is 25.1. The highest BCUT2D eigenvalue weighted by atomic mass is 32.2. The number of benzene rings is 1. The molecule has 1 aromatic carbocycles. The molecule has 1 aromatic rings. The van der Waals surface area contributed by atoms with Crippen molar-refractivity contribution in [2.45, 2.75) is 36.5 Å². The third kappa shape index (κ3) is 4.08. The van der Waals surface area contributed by atoms with Crippen molar-refractivity contribution in [3.05, 3.63) is 24.3 Å². The van der Waals surface area contributed by atoms with E-state index in [2.05, 4.69) is 17.1 Å². The minimum atomic E-state index is -2.36. The molecule has 0 spiro atoms. The molecule has 1 fully saturated rings. The highest BCUT2D eigenvalue weighted by Crippen LogP contribution is 2.35. The van der Waals surface area contributed by atoms with Crippen LogP contribution in [-0.4, -0.2) is 31.4 Å². The number of alkyl halides is 2. The van der Waals surface area contributed by atoms with E-state index in [4.69, 9.17) is 0 Å². The summed E-state index contributed by atoms with van der Waals surface area (Å²) in [5.74, 6) is -2.36. The van der Waals surface area contributed by atoms with Crippen molar-refractivity contribution in [3.8, 4) is 0 Å². The van der Waals surface area contributed by atoms with Crippen LogP contribution in [0.25, 0.3) is 0 Å². The van der Waals surface area contributed by atoms with Crippen LogP contribution in [0.5, 0.6) is 0 Å². The number of thioether (sulfide) groups is 1. The summed E-state index contributed by atoms with van der Waals surface area (Å²) in [5, 5.41) is 3.45. The van der Waals surface area contributed by atoms with Crippen molar-refractivity contribution in [2.24, 2.45) is 0 Å². The van der Waals surface area contributed by atoms with Gasteiger partial charge in [0.25, 0.3) is 5.76 Å². The number of piperidine rings is 1. The summed E-state index contributed by atoms with van der Waals surface area (Å²) in [6.45, 7) is 4.96. The van der Waals surface area contributed by atoms with E-state index in [9.17, 15) is 8.78 Å². The molecular weight excluding hydrogens is 266 g/mol. The van der Waals surface area contributed by atoms with Gasteiger partial charge in [0.1, 0.15) is 0 Å². The Morgan fingerprint density at radius 3 is 2.63 bits per heavy atom. The standard InChI is InChI=1S/C14H20F2N2S/c1-2-17-11-7-9-18(10-8-11)12-5-3-4-6-13(12)19-14(15)16/h3-6,11,14,17H,2,7-10H2,1H3. The average Bonchev–Trinajstić information content (AvgIpc) is 2.40. The summed E-state index contributed by atoms with van der Waals surface area (Å²) in [6.07, 6.45) is 2.14. The number of nitrogens with one attached hydrogen (secondary N) is 1. The normalized spacial score (nSPS) is 17.2. The smallest absolute Gasteiger partial charge is 0.288 e. The molecule has 106 valence electrons. The van der Waals surface area contributed by atoms with Crippen molar-refractivity contribution in [1.29, 1.82) is 0 Å². The van der Waals surface area contributed by atoms with Gasteiger partial charge in [-0.25, -0.2) is 0 Å². The van der Waals surface area contributed by atoms with E-state index in [1.165, 1.54) is 0 Å². The van der Waals surface area contributed by atoms with Crippen LogP contribution in [0.2, 0.25) is 0 Å². The van der Waals surface area contributed by atoms with E-state index >= 15 is 0 Å². The van der Waals surface area contributed by atoms with Gasteiger partial charge >= 0.3 is 0 Å². The number of halogens is 2. The lowest BCUT2D eigenvalue weighted by Crippen LogP contribution is -2.42. The van der Waals surface area contributed by atoms with Crippen LogP contribution in [0.3, 0.4) is 0 Å². The first kappa shape index (κ1) is 14.6. The first-order chi connectivity index (χ1) is 9.20. The van der Waals surface area contributed by atoms with Crippen molar-refractivity contribution in [3.63, 3.8) is 0 Å². The van der Waals surface area contributed by atoms with Gasteiger partial charge in [-0.15, -0.1) is 0 Å². The van der Waals surface area contributed by atoms with E-state index in [-0.39, 0.29) is 0 Å². The van der Waals surface area contributed by atoms with Crippen LogP contribution in [0.1, 0.15) is 19.8 Å². The van der Waals surface area contributed by atoms with Crippen molar-refractivity contribution in [2.75, 3.05) is 24.5 Å². The molecule has 0 aliphatic carbocycles. The van der Waals surface area contributed by atoms with Crippen LogP contribution in [0, 0.1) is 0 Å². The molecule has 0 saturated carbocycles. The zero-order valence-corrected chi connectivity index (χ0v) is 11.9. The molecule has 5 heteroatoms. The van der Waals surface area contributed by atoms with E-state index in [0.717, 1.165) is 38.2 Å². The van der Waals surface area contributed by atoms with Gasteiger partial charge in [0, 0.05) is 24.0 Å². The molecule has 0 radical (unpaired) electrons. The highest BCUT2D eigenvalue weighted by Gasteiger charge is 2.21. The van der Waals surface area contributed by atoms with Gasteiger partial charge in [-0.3, -0.25) is 0 Å². The Morgan fingerprint density at radius 2 is 2.00 bits per heavy atom. The lowest BCUT2D eigenvalue weighted by molar-refractivity contribution is 0.252. The number of hydrogen-bond donors (Lipinski definition) is 1. The summed E-state index contributed by atoms with van der Waals surface area (Å²) in [6, 6.07) is 8.03. The zero-order valence-electron chi connectivity index (χ0n) is 11.1. The van der Waals surface area contributed by atoms with Gasteiger partial charge in [-0.05, 0) is 31.5 Å². The molecule has 1 heterocycles. The Hall–Kier alpha value is -0.810. The Morgan fingerprint density at radius 1 is 1.32 bits per heavy atom. The third-order valence-electron chi connectivity index (χ3n) is 3.41. The maximum absolute atomic E-state index is 12.6. The first-order valence-electron chi connectivity index (χ1n) is 6.73. The Balaban J connectivity index is 2.02. The third-order valence-corrected chi connectivity index (χ3v) is 4.19. The Labute approximate surface area is 117 Å². The van der Waals surface area contributed by atoms with Crippen molar-refractivity contribution < 1.29 is 8.78 Å². The van der Waals surface area contributed by atoms with Crippen molar-refractivity contribution >= 4 is 17.4 Å². The summed E-state index contributed by atoms with van der Waals surface area (Å²) in [5.41, 5.74) is 0.947. The predicted octanol–water partition coefficient (Wildman–Crippen LogP) is 3.58. The molecule has 2 rings (SSSR count).